The van der Waals surface area contributed by atoms with Gasteiger partial charge in [0.05, 0.1) is 17.4 Å². The van der Waals surface area contributed by atoms with Crippen LogP contribution in [-0.2, 0) is 6.61 Å². The Morgan fingerprint density at radius 3 is 2.41 bits per heavy atom. The average Bonchev–Trinajstić information content (AvgIpc) is 3.18. The van der Waals surface area contributed by atoms with Crippen LogP contribution >= 0.6 is 11.7 Å². The molecule has 1 aliphatic rings. The molecule has 0 bridgehead atoms. The van der Waals surface area contributed by atoms with E-state index in [1.807, 2.05) is 19.1 Å². The number of amides is 1. The quantitative estimate of drug-likeness (QED) is 0.642. The van der Waals surface area contributed by atoms with E-state index in [2.05, 4.69) is 31.1 Å². The van der Waals surface area contributed by atoms with Crippen LogP contribution in [0.5, 0.6) is 5.75 Å². The molecule has 0 atom stereocenters. The zero-order chi connectivity index (χ0) is 20.1. The molecule has 1 aromatic heterocycles. The minimum Gasteiger partial charge on any atom is -0.487 e. The number of aromatic nitrogens is 2. The number of aryl methyl sites for hydroxylation is 1. The van der Waals surface area contributed by atoms with Gasteiger partial charge in [0.2, 0.25) is 0 Å². The molecule has 0 radical (unpaired) electrons. The minimum absolute atomic E-state index is 0.137. The van der Waals surface area contributed by atoms with Crippen LogP contribution in [0.25, 0.3) is 0 Å². The van der Waals surface area contributed by atoms with Crippen molar-refractivity contribution in [3.8, 4) is 5.75 Å². The number of carbonyl (C=O) groups excluding carboxylic acids is 1. The predicted octanol–water partition coefficient (Wildman–Crippen LogP) is 4.67. The molecule has 2 heterocycles. The molecule has 3 aromatic rings. The number of ether oxygens (including phenoxy) is 1. The largest absolute Gasteiger partial charge is 0.487 e. The van der Waals surface area contributed by atoms with Crippen LogP contribution in [0.3, 0.4) is 0 Å². The van der Waals surface area contributed by atoms with Crippen LogP contribution in [0.2, 0.25) is 0 Å². The molecule has 1 amide bonds. The molecule has 6 nitrogen and oxygen atoms in total. The van der Waals surface area contributed by atoms with Gasteiger partial charge in [-0.25, -0.2) is 0 Å². The van der Waals surface area contributed by atoms with Crippen molar-refractivity contribution in [2.45, 2.75) is 32.8 Å². The molecule has 0 spiro atoms. The van der Waals surface area contributed by atoms with Crippen molar-refractivity contribution >= 4 is 29.0 Å². The highest BCUT2D eigenvalue weighted by atomic mass is 32.1. The third-order valence-electron chi connectivity index (χ3n) is 5.08. The van der Waals surface area contributed by atoms with Crippen LogP contribution < -0.4 is 15.0 Å². The van der Waals surface area contributed by atoms with Gasteiger partial charge in [0.25, 0.3) is 5.91 Å². The van der Waals surface area contributed by atoms with Gasteiger partial charge >= 0.3 is 0 Å². The smallest absolute Gasteiger partial charge is 0.255 e. The summed E-state index contributed by atoms with van der Waals surface area (Å²) in [5.74, 6) is 0.557. The van der Waals surface area contributed by atoms with Crippen molar-refractivity contribution in [1.29, 1.82) is 0 Å². The highest BCUT2D eigenvalue weighted by Gasteiger charge is 2.12. The summed E-state index contributed by atoms with van der Waals surface area (Å²) in [4.78, 5) is 14.9. The summed E-state index contributed by atoms with van der Waals surface area (Å²) in [5.41, 5.74) is 4.32. The number of nitrogens with one attached hydrogen (secondary N) is 1. The van der Waals surface area contributed by atoms with Crippen LogP contribution in [0.15, 0.2) is 48.5 Å². The second kappa shape index (κ2) is 9.05. The lowest BCUT2D eigenvalue weighted by molar-refractivity contribution is 0.102. The van der Waals surface area contributed by atoms with Gasteiger partial charge in [0.1, 0.15) is 18.1 Å². The first-order valence-corrected chi connectivity index (χ1v) is 10.6. The van der Waals surface area contributed by atoms with E-state index in [9.17, 15) is 4.79 Å². The zero-order valence-corrected chi connectivity index (χ0v) is 17.2. The highest BCUT2D eigenvalue weighted by molar-refractivity contribution is 6.99. The Kier molecular flexibility index (Phi) is 6.05. The Morgan fingerprint density at radius 2 is 1.76 bits per heavy atom. The molecule has 0 aliphatic carbocycles. The zero-order valence-electron chi connectivity index (χ0n) is 16.4. The molecule has 1 aliphatic heterocycles. The molecule has 7 heteroatoms. The fraction of sp³-hybridized carbons (Fsp3) is 0.318. The van der Waals surface area contributed by atoms with Gasteiger partial charge in [-0.05, 0) is 74.7 Å². The summed E-state index contributed by atoms with van der Waals surface area (Å²) in [7, 11) is 0. The van der Waals surface area contributed by atoms with Crippen LogP contribution in [0.4, 0.5) is 11.4 Å². The average molecular weight is 409 g/mol. The lowest BCUT2D eigenvalue weighted by Gasteiger charge is -2.28. The van der Waals surface area contributed by atoms with Gasteiger partial charge in [-0.1, -0.05) is 0 Å². The Bertz CT molecular complexity index is 948. The summed E-state index contributed by atoms with van der Waals surface area (Å²) in [5, 5.41) is 2.95. The number of nitrogens with zero attached hydrogens (tertiary/aromatic N) is 3. The molecule has 2 aromatic carbocycles. The lowest BCUT2D eigenvalue weighted by Crippen LogP contribution is -2.29. The highest BCUT2D eigenvalue weighted by Crippen LogP contribution is 2.22. The topological polar surface area (TPSA) is 67.3 Å². The van der Waals surface area contributed by atoms with E-state index < -0.39 is 0 Å². The standard InChI is InChI=1S/C22H24N4O2S/c1-16-21(25-29-24-16)15-28-20-11-5-17(6-12-20)22(27)23-18-7-9-19(10-8-18)26-13-3-2-4-14-26/h5-12H,2-4,13-15H2,1H3,(H,23,27). The maximum Gasteiger partial charge on any atom is 0.255 e. The maximum atomic E-state index is 12.5. The van der Waals surface area contributed by atoms with Crippen LogP contribution in [-0.4, -0.2) is 27.7 Å². The molecular formula is C22H24N4O2S. The van der Waals surface area contributed by atoms with Crippen molar-refractivity contribution < 1.29 is 9.53 Å². The van der Waals surface area contributed by atoms with Gasteiger partial charge in [-0.3, -0.25) is 4.79 Å². The number of hydrogen-bond donors (Lipinski definition) is 1. The van der Waals surface area contributed by atoms with Gasteiger partial charge < -0.3 is 15.0 Å². The molecule has 29 heavy (non-hydrogen) atoms. The molecule has 0 saturated carbocycles. The van der Waals surface area contributed by atoms with Crippen molar-refractivity contribution in [2.75, 3.05) is 23.3 Å². The number of rotatable bonds is 6. The van der Waals surface area contributed by atoms with Crippen molar-refractivity contribution in [2.24, 2.45) is 0 Å². The molecule has 1 N–H and O–H groups in total. The van der Waals surface area contributed by atoms with Crippen LogP contribution in [0, 0.1) is 6.92 Å². The third-order valence-corrected chi connectivity index (χ3v) is 5.74. The summed E-state index contributed by atoms with van der Waals surface area (Å²) in [6.45, 7) is 4.50. The van der Waals surface area contributed by atoms with Gasteiger partial charge in [-0.15, -0.1) is 0 Å². The van der Waals surface area contributed by atoms with E-state index in [1.165, 1.54) is 36.7 Å². The van der Waals surface area contributed by atoms with Crippen molar-refractivity contribution in [3.05, 3.63) is 65.5 Å². The number of hydrogen-bond acceptors (Lipinski definition) is 6. The van der Waals surface area contributed by atoms with Gasteiger partial charge in [-0.2, -0.15) is 8.75 Å². The van der Waals surface area contributed by atoms with E-state index in [4.69, 9.17) is 4.74 Å². The normalized spacial score (nSPS) is 13.9. The summed E-state index contributed by atoms with van der Waals surface area (Å²) in [6, 6.07) is 15.2. The van der Waals surface area contributed by atoms with E-state index in [0.717, 1.165) is 30.2 Å². The minimum atomic E-state index is -0.137. The molecule has 150 valence electrons. The third kappa shape index (κ3) is 4.92. The second-order valence-corrected chi connectivity index (χ2v) is 7.69. The van der Waals surface area contributed by atoms with Crippen LogP contribution in [0.1, 0.15) is 41.0 Å². The van der Waals surface area contributed by atoms with E-state index in [-0.39, 0.29) is 5.91 Å². The number of piperidine rings is 1. The fourth-order valence-corrected chi connectivity index (χ4v) is 3.90. The molecule has 0 unspecified atom stereocenters. The molecule has 1 saturated heterocycles. The maximum absolute atomic E-state index is 12.5. The first-order valence-electron chi connectivity index (χ1n) is 9.86. The summed E-state index contributed by atoms with van der Waals surface area (Å²) < 4.78 is 14.1. The Balaban J connectivity index is 1.32. The summed E-state index contributed by atoms with van der Waals surface area (Å²) in [6.07, 6.45) is 3.81. The van der Waals surface area contributed by atoms with Gasteiger partial charge in [0.15, 0.2) is 0 Å². The van der Waals surface area contributed by atoms with E-state index >= 15 is 0 Å². The molecule has 1 fully saturated rings. The number of benzene rings is 2. The first kappa shape index (κ1) is 19.4. The molecule has 4 rings (SSSR count). The number of anilines is 2. The Hall–Kier alpha value is -2.93. The second-order valence-electron chi connectivity index (χ2n) is 7.16. The Morgan fingerprint density at radius 1 is 1.03 bits per heavy atom. The van der Waals surface area contributed by atoms with Crippen molar-refractivity contribution in [3.63, 3.8) is 0 Å². The van der Waals surface area contributed by atoms with E-state index in [1.54, 1.807) is 24.3 Å². The van der Waals surface area contributed by atoms with Gasteiger partial charge in [0, 0.05) is 30.0 Å². The fourth-order valence-electron chi connectivity index (χ4n) is 3.35. The first-order chi connectivity index (χ1) is 14.2. The molecular weight excluding hydrogens is 384 g/mol. The summed E-state index contributed by atoms with van der Waals surface area (Å²) >= 11 is 1.18. The lowest BCUT2D eigenvalue weighted by atomic mass is 10.1. The Labute approximate surface area is 174 Å². The number of carbonyl (C=O) groups is 1. The predicted molar refractivity (Wildman–Crippen MR) is 116 cm³/mol. The SMILES string of the molecule is Cc1nsnc1COc1ccc(C(=O)Nc2ccc(N3CCCCC3)cc2)cc1. The van der Waals surface area contributed by atoms with E-state index in [0.29, 0.717) is 17.9 Å². The van der Waals surface area contributed by atoms with Crippen molar-refractivity contribution in [1.82, 2.24) is 8.75 Å². The monoisotopic (exact) mass is 408 g/mol.